The molecule has 0 aliphatic carbocycles. The van der Waals surface area contributed by atoms with Crippen molar-refractivity contribution in [2.45, 2.75) is 6.92 Å². The largest absolute Gasteiger partial charge is 0.497 e. The first-order valence-corrected chi connectivity index (χ1v) is 9.20. The first-order valence-electron chi connectivity index (χ1n) is 9.20. The number of hydrogen-bond acceptors (Lipinski definition) is 9. The molecular weight excluding hydrogens is 386 g/mol. The van der Waals surface area contributed by atoms with Crippen LogP contribution in [0.1, 0.15) is 17.3 Å². The summed E-state index contributed by atoms with van der Waals surface area (Å²) in [6, 6.07) is 12.3. The summed E-state index contributed by atoms with van der Waals surface area (Å²) in [5.74, 6) is 1.51. The van der Waals surface area contributed by atoms with Crippen LogP contribution in [0.25, 0.3) is 0 Å². The molecule has 3 aromatic rings. The summed E-state index contributed by atoms with van der Waals surface area (Å²) < 4.78 is 15.7. The summed E-state index contributed by atoms with van der Waals surface area (Å²) in [4.78, 5) is 20.6. The zero-order valence-corrected chi connectivity index (χ0v) is 16.9. The molecule has 9 nitrogen and oxygen atoms in total. The quantitative estimate of drug-likeness (QED) is 0.478. The molecule has 0 fully saturated rings. The van der Waals surface area contributed by atoms with Crippen molar-refractivity contribution >= 4 is 34.7 Å². The molecule has 0 atom stereocenters. The minimum atomic E-state index is -0.436. The van der Waals surface area contributed by atoms with Crippen molar-refractivity contribution in [1.29, 1.82) is 0 Å². The van der Waals surface area contributed by atoms with Gasteiger partial charge in [-0.25, -0.2) is 14.8 Å². The van der Waals surface area contributed by atoms with Gasteiger partial charge in [0, 0.05) is 6.07 Å². The van der Waals surface area contributed by atoms with Crippen LogP contribution in [0.5, 0.6) is 11.5 Å². The molecule has 0 radical (unpaired) electrons. The monoisotopic (exact) mass is 409 g/mol. The predicted molar refractivity (Wildman–Crippen MR) is 115 cm³/mol. The van der Waals surface area contributed by atoms with E-state index in [1.54, 1.807) is 63.6 Å². The van der Waals surface area contributed by atoms with E-state index >= 15 is 0 Å². The van der Waals surface area contributed by atoms with E-state index in [4.69, 9.17) is 19.9 Å². The number of rotatable bonds is 8. The maximum atomic E-state index is 12.2. The fourth-order valence-corrected chi connectivity index (χ4v) is 2.73. The molecule has 0 saturated heterocycles. The minimum absolute atomic E-state index is 0.272. The number of hydrogen-bond donors (Lipinski definition) is 3. The fraction of sp³-hybridized carbons (Fsp3) is 0.190. The zero-order chi connectivity index (χ0) is 21.5. The van der Waals surface area contributed by atoms with Crippen LogP contribution >= 0.6 is 0 Å². The van der Waals surface area contributed by atoms with Crippen LogP contribution in [-0.2, 0) is 4.74 Å². The van der Waals surface area contributed by atoms with Crippen molar-refractivity contribution in [3.63, 3.8) is 0 Å². The van der Waals surface area contributed by atoms with Crippen LogP contribution in [0.4, 0.5) is 28.7 Å². The molecule has 156 valence electrons. The molecule has 0 aliphatic rings. The Bertz CT molecular complexity index is 1040. The van der Waals surface area contributed by atoms with E-state index in [1.807, 2.05) is 0 Å². The SMILES string of the molecule is CCOC(=O)c1ccccc1Nc1ncnc(Nc2ccc(OC)cc2OC)c1N. The summed E-state index contributed by atoms with van der Waals surface area (Å²) in [5, 5.41) is 6.22. The summed E-state index contributed by atoms with van der Waals surface area (Å²) in [7, 11) is 3.14. The topological polar surface area (TPSA) is 121 Å². The number of anilines is 5. The number of carbonyl (C=O) groups excluding carboxylic acids is 1. The van der Waals surface area contributed by atoms with Gasteiger partial charge in [0.2, 0.25) is 0 Å². The number of nitrogens with one attached hydrogen (secondary N) is 2. The highest BCUT2D eigenvalue weighted by atomic mass is 16.5. The Morgan fingerprint density at radius 1 is 1.00 bits per heavy atom. The third-order valence-electron chi connectivity index (χ3n) is 4.22. The highest BCUT2D eigenvalue weighted by molar-refractivity contribution is 5.97. The fourth-order valence-electron chi connectivity index (χ4n) is 2.73. The molecule has 1 heterocycles. The number of methoxy groups -OCH3 is 2. The average Bonchev–Trinajstić information content (AvgIpc) is 2.77. The lowest BCUT2D eigenvalue weighted by Gasteiger charge is -2.16. The van der Waals surface area contributed by atoms with E-state index in [0.29, 0.717) is 40.1 Å². The molecule has 3 rings (SSSR count). The summed E-state index contributed by atoms with van der Waals surface area (Å²) in [6.07, 6.45) is 1.37. The van der Waals surface area contributed by atoms with Gasteiger partial charge in [0.1, 0.15) is 23.5 Å². The van der Waals surface area contributed by atoms with Crippen LogP contribution in [0.15, 0.2) is 48.8 Å². The van der Waals surface area contributed by atoms with E-state index in [2.05, 4.69) is 20.6 Å². The van der Waals surface area contributed by atoms with Crippen LogP contribution in [-0.4, -0.2) is 36.8 Å². The number of aromatic nitrogens is 2. The van der Waals surface area contributed by atoms with Gasteiger partial charge < -0.3 is 30.6 Å². The number of benzene rings is 2. The standard InChI is InChI=1S/C21H23N5O4/c1-4-30-21(27)14-7-5-6-8-15(14)25-19-18(22)20(24-12-23-19)26-16-10-9-13(28-2)11-17(16)29-3/h5-12H,4,22H2,1-3H3,(H2,23,24,25,26). The highest BCUT2D eigenvalue weighted by Crippen LogP contribution is 2.34. The van der Waals surface area contributed by atoms with Crippen molar-refractivity contribution in [2.75, 3.05) is 37.2 Å². The second-order valence-corrected chi connectivity index (χ2v) is 6.07. The summed E-state index contributed by atoms with van der Waals surface area (Å²) in [6.45, 7) is 2.03. The van der Waals surface area contributed by atoms with Gasteiger partial charge >= 0.3 is 5.97 Å². The maximum Gasteiger partial charge on any atom is 0.340 e. The van der Waals surface area contributed by atoms with Gasteiger partial charge in [0.25, 0.3) is 0 Å². The van der Waals surface area contributed by atoms with Gasteiger partial charge in [-0.05, 0) is 31.2 Å². The molecule has 4 N–H and O–H groups in total. The van der Waals surface area contributed by atoms with Crippen molar-refractivity contribution in [3.05, 3.63) is 54.4 Å². The number of nitrogens with zero attached hydrogens (tertiary/aromatic N) is 2. The number of esters is 1. The molecular formula is C21H23N5O4. The highest BCUT2D eigenvalue weighted by Gasteiger charge is 2.16. The molecule has 0 saturated carbocycles. The van der Waals surface area contributed by atoms with Crippen LogP contribution in [0.3, 0.4) is 0 Å². The predicted octanol–water partition coefficient (Wildman–Crippen LogP) is 3.74. The number of ether oxygens (including phenoxy) is 3. The third kappa shape index (κ3) is 4.52. The van der Waals surface area contributed by atoms with Crippen molar-refractivity contribution < 1.29 is 19.0 Å². The van der Waals surface area contributed by atoms with E-state index in [-0.39, 0.29) is 12.3 Å². The molecule has 2 aromatic carbocycles. The second-order valence-electron chi connectivity index (χ2n) is 6.07. The van der Waals surface area contributed by atoms with Crippen LogP contribution < -0.4 is 25.8 Å². The Balaban J connectivity index is 1.89. The van der Waals surface area contributed by atoms with E-state index in [0.717, 1.165) is 0 Å². The van der Waals surface area contributed by atoms with Gasteiger partial charge in [0.15, 0.2) is 11.6 Å². The molecule has 0 unspecified atom stereocenters. The van der Waals surface area contributed by atoms with Gasteiger partial charge in [-0.2, -0.15) is 0 Å². The lowest BCUT2D eigenvalue weighted by atomic mass is 10.2. The molecule has 0 spiro atoms. The lowest BCUT2D eigenvalue weighted by molar-refractivity contribution is 0.0527. The molecule has 0 bridgehead atoms. The molecule has 9 heteroatoms. The number of para-hydroxylation sites is 1. The molecule has 0 amide bonds. The van der Waals surface area contributed by atoms with E-state index in [9.17, 15) is 4.79 Å². The van der Waals surface area contributed by atoms with Gasteiger partial charge in [-0.15, -0.1) is 0 Å². The molecule has 1 aromatic heterocycles. The average molecular weight is 409 g/mol. The Labute approximate surface area is 174 Å². The smallest absolute Gasteiger partial charge is 0.340 e. The van der Waals surface area contributed by atoms with Gasteiger partial charge in [0.05, 0.1) is 37.8 Å². The Hall–Kier alpha value is -4.01. The first kappa shape index (κ1) is 20.7. The number of nitrogens with two attached hydrogens (primary N) is 1. The first-order chi connectivity index (χ1) is 14.6. The van der Waals surface area contributed by atoms with Gasteiger partial charge in [-0.1, -0.05) is 12.1 Å². The molecule has 0 aliphatic heterocycles. The number of carbonyl (C=O) groups is 1. The van der Waals surface area contributed by atoms with Crippen molar-refractivity contribution in [2.24, 2.45) is 0 Å². The Morgan fingerprint density at radius 3 is 2.37 bits per heavy atom. The summed E-state index contributed by atoms with van der Waals surface area (Å²) >= 11 is 0. The zero-order valence-electron chi connectivity index (χ0n) is 16.9. The van der Waals surface area contributed by atoms with E-state index < -0.39 is 5.97 Å². The second kappa shape index (κ2) is 9.46. The molecule has 30 heavy (non-hydrogen) atoms. The Morgan fingerprint density at radius 2 is 1.70 bits per heavy atom. The van der Waals surface area contributed by atoms with Crippen molar-refractivity contribution in [3.8, 4) is 11.5 Å². The maximum absolute atomic E-state index is 12.2. The lowest BCUT2D eigenvalue weighted by Crippen LogP contribution is -2.10. The van der Waals surface area contributed by atoms with Crippen molar-refractivity contribution in [1.82, 2.24) is 9.97 Å². The third-order valence-corrected chi connectivity index (χ3v) is 4.22. The Kier molecular flexibility index (Phi) is 6.53. The van der Waals surface area contributed by atoms with Crippen LogP contribution in [0, 0.1) is 0 Å². The number of nitrogen functional groups attached to an aromatic ring is 1. The minimum Gasteiger partial charge on any atom is -0.497 e. The van der Waals surface area contributed by atoms with E-state index in [1.165, 1.54) is 6.33 Å². The summed E-state index contributed by atoms with van der Waals surface area (Å²) in [5.41, 5.74) is 8.11. The van der Waals surface area contributed by atoms with Gasteiger partial charge in [-0.3, -0.25) is 0 Å². The van der Waals surface area contributed by atoms with Crippen LogP contribution in [0.2, 0.25) is 0 Å². The normalized spacial score (nSPS) is 10.2.